The normalized spacial score (nSPS) is 11.8. The van der Waals surface area contributed by atoms with Crippen LogP contribution in [0.1, 0.15) is 9.75 Å². The molecule has 0 spiro atoms. The molecule has 0 saturated carbocycles. The Morgan fingerprint density at radius 1 is 1.28 bits per heavy atom. The molecule has 4 nitrogen and oxygen atoms in total. The molecule has 2 aromatic heterocycles. The van der Waals surface area contributed by atoms with Crippen LogP contribution in [0.15, 0.2) is 33.9 Å². The second-order valence-electron chi connectivity index (χ2n) is 3.63. The molecule has 2 rings (SSSR count). The number of aliphatic hydroxyl groups excluding tert-OH is 1. The van der Waals surface area contributed by atoms with Gasteiger partial charge in [-0.1, -0.05) is 6.07 Å². The van der Waals surface area contributed by atoms with Crippen molar-refractivity contribution in [3.8, 4) is 0 Å². The summed E-state index contributed by atoms with van der Waals surface area (Å²) in [5.74, 6) is 0. The fraction of sp³-hybridized carbons (Fsp3) is 0.273. The summed E-state index contributed by atoms with van der Waals surface area (Å²) in [6.07, 6.45) is 0.688. The van der Waals surface area contributed by atoms with Crippen molar-refractivity contribution in [1.82, 2.24) is 4.72 Å². The van der Waals surface area contributed by atoms with E-state index in [1.807, 2.05) is 17.5 Å². The smallest absolute Gasteiger partial charge is 0.241 e. The Balaban J connectivity index is 1.95. The van der Waals surface area contributed by atoms with E-state index in [-0.39, 0.29) is 11.5 Å². The van der Waals surface area contributed by atoms with Crippen molar-refractivity contribution in [2.45, 2.75) is 17.9 Å². The topological polar surface area (TPSA) is 66.4 Å². The number of sulfonamides is 1. The zero-order chi connectivity index (χ0) is 13.0. The van der Waals surface area contributed by atoms with Gasteiger partial charge in [-0.05, 0) is 23.9 Å². The first-order valence-electron chi connectivity index (χ1n) is 5.32. The van der Waals surface area contributed by atoms with Gasteiger partial charge in [-0.3, -0.25) is 0 Å². The zero-order valence-electron chi connectivity index (χ0n) is 9.50. The third kappa shape index (κ3) is 3.39. The van der Waals surface area contributed by atoms with Crippen LogP contribution in [0.4, 0.5) is 0 Å². The lowest BCUT2D eigenvalue weighted by atomic mass is 10.3. The molecule has 0 aromatic carbocycles. The Morgan fingerprint density at radius 2 is 2.11 bits per heavy atom. The number of hydrogen-bond donors (Lipinski definition) is 2. The van der Waals surface area contributed by atoms with Crippen molar-refractivity contribution in [3.05, 3.63) is 38.7 Å². The number of hydrogen-bond acceptors (Lipinski definition) is 5. The van der Waals surface area contributed by atoms with Crippen LogP contribution in [-0.4, -0.2) is 20.1 Å². The van der Waals surface area contributed by atoms with Gasteiger partial charge >= 0.3 is 0 Å². The molecule has 0 bridgehead atoms. The van der Waals surface area contributed by atoms with Crippen molar-refractivity contribution in [2.75, 3.05) is 6.54 Å². The van der Waals surface area contributed by atoms with Crippen molar-refractivity contribution in [2.24, 2.45) is 0 Å². The third-order valence-corrected chi connectivity index (χ3v) is 5.79. The van der Waals surface area contributed by atoms with E-state index < -0.39 is 10.0 Å². The number of rotatable bonds is 6. The molecule has 7 heteroatoms. The molecule has 18 heavy (non-hydrogen) atoms. The zero-order valence-corrected chi connectivity index (χ0v) is 11.9. The number of thiophene rings is 2. The van der Waals surface area contributed by atoms with Crippen molar-refractivity contribution in [3.63, 3.8) is 0 Å². The van der Waals surface area contributed by atoms with Gasteiger partial charge in [0.25, 0.3) is 0 Å². The summed E-state index contributed by atoms with van der Waals surface area (Å²) in [4.78, 5) is 2.02. The highest BCUT2D eigenvalue weighted by atomic mass is 32.2. The maximum atomic E-state index is 11.9. The Bertz CT molecular complexity index is 587. The van der Waals surface area contributed by atoms with Crippen LogP contribution in [-0.2, 0) is 23.1 Å². The average molecular weight is 303 g/mol. The van der Waals surface area contributed by atoms with E-state index in [2.05, 4.69) is 4.72 Å². The van der Waals surface area contributed by atoms with Gasteiger partial charge in [0.1, 0.15) is 0 Å². The fourth-order valence-corrected chi connectivity index (χ4v) is 4.31. The van der Waals surface area contributed by atoms with E-state index in [0.29, 0.717) is 17.8 Å². The maximum Gasteiger partial charge on any atom is 0.241 e. The van der Waals surface area contributed by atoms with Crippen molar-refractivity contribution < 1.29 is 13.5 Å². The lowest BCUT2D eigenvalue weighted by Crippen LogP contribution is -2.25. The minimum atomic E-state index is -3.45. The third-order valence-electron chi connectivity index (χ3n) is 2.34. The van der Waals surface area contributed by atoms with Gasteiger partial charge in [0.2, 0.25) is 10.0 Å². The van der Waals surface area contributed by atoms with Crippen LogP contribution >= 0.6 is 22.7 Å². The van der Waals surface area contributed by atoms with Gasteiger partial charge in [-0.25, -0.2) is 13.1 Å². The van der Waals surface area contributed by atoms with Gasteiger partial charge in [0, 0.05) is 21.7 Å². The van der Waals surface area contributed by atoms with E-state index in [9.17, 15) is 8.42 Å². The minimum Gasteiger partial charge on any atom is -0.391 e. The number of nitrogens with one attached hydrogen (secondary N) is 1. The number of aliphatic hydroxyl groups is 1. The summed E-state index contributed by atoms with van der Waals surface area (Å²) in [5, 5.41) is 12.4. The minimum absolute atomic E-state index is 0.130. The highest BCUT2D eigenvalue weighted by molar-refractivity contribution is 7.89. The molecule has 0 radical (unpaired) electrons. The van der Waals surface area contributed by atoms with Gasteiger partial charge < -0.3 is 5.11 Å². The molecule has 0 fully saturated rings. The van der Waals surface area contributed by atoms with E-state index in [1.54, 1.807) is 16.7 Å². The lowest BCUT2D eigenvalue weighted by molar-refractivity contribution is 0.285. The second-order valence-corrected chi connectivity index (χ2v) is 7.43. The van der Waals surface area contributed by atoms with E-state index in [1.165, 1.54) is 17.4 Å². The molecule has 0 aliphatic heterocycles. The van der Waals surface area contributed by atoms with Gasteiger partial charge in [0.05, 0.1) is 11.5 Å². The predicted octanol–water partition coefficient (Wildman–Crippen LogP) is 1.82. The summed E-state index contributed by atoms with van der Waals surface area (Å²) >= 11 is 2.85. The molecule has 0 unspecified atom stereocenters. The Labute approximate surface area is 114 Å². The SMILES string of the molecule is O=S(=O)(NCCc1cccs1)c1csc(CO)c1. The largest absolute Gasteiger partial charge is 0.391 e. The quantitative estimate of drug-likeness (QED) is 0.855. The van der Waals surface area contributed by atoms with Gasteiger partial charge in [-0.2, -0.15) is 0 Å². The highest BCUT2D eigenvalue weighted by Gasteiger charge is 2.15. The monoisotopic (exact) mass is 303 g/mol. The Kier molecular flexibility index (Phi) is 4.52. The fourth-order valence-electron chi connectivity index (χ4n) is 1.43. The molecule has 2 aromatic rings. The van der Waals surface area contributed by atoms with Crippen LogP contribution < -0.4 is 4.72 Å². The predicted molar refractivity (Wildman–Crippen MR) is 73.5 cm³/mol. The molecular weight excluding hydrogens is 290 g/mol. The van der Waals surface area contributed by atoms with Gasteiger partial charge in [-0.15, -0.1) is 22.7 Å². The molecule has 2 heterocycles. The van der Waals surface area contributed by atoms with Crippen LogP contribution in [0.25, 0.3) is 0 Å². The van der Waals surface area contributed by atoms with Crippen LogP contribution in [0, 0.1) is 0 Å². The highest BCUT2D eigenvalue weighted by Crippen LogP contribution is 2.19. The summed E-state index contributed by atoms with van der Waals surface area (Å²) in [6.45, 7) is 0.253. The van der Waals surface area contributed by atoms with Crippen LogP contribution in [0.2, 0.25) is 0 Å². The first kappa shape index (κ1) is 13.7. The molecule has 0 saturated heterocycles. The van der Waals surface area contributed by atoms with Gasteiger partial charge in [0.15, 0.2) is 0 Å². The van der Waals surface area contributed by atoms with E-state index in [4.69, 9.17) is 5.11 Å². The van der Waals surface area contributed by atoms with Crippen molar-refractivity contribution >= 4 is 32.7 Å². The maximum absolute atomic E-state index is 11.9. The Hall–Kier alpha value is -0.730. The van der Waals surface area contributed by atoms with Crippen molar-refractivity contribution in [1.29, 1.82) is 0 Å². The average Bonchev–Trinajstić information content (AvgIpc) is 2.99. The van der Waals surface area contributed by atoms with Crippen LogP contribution in [0.5, 0.6) is 0 Å². The Morgan fingerprint density at radius 3 is 2.72 bits per heavy atom. The first-order chi connectivity index (χ1) is 8.62. The summed E-state index contributed by atoms with van der Waals surface area (Å²) in [6, 6.07) is 5.42. The van der Waals surface area contributed by atoms with E-state index in [0.717, 1.165) is 4.88 Å². The lowest BCUT2D eigenvalue weighted by Gasteiger charge is -2.03. The second kappa shape index (κ2) is 5.94. The van der Waals surface area contributed by atoms with E-state index >= 15 is 0 Å². The standard InChI is InChI=1S/C11H13NO3S3/c13-7-10-6-11(8-17-10)18(14,15)12-4-3-9-2-1-5-16-9/h1-2,5-6,8,12-13H,3-4,7H2. The molecule has 0 aliphatic rings. The summed E-state index contributed by atoms with van der Waals surface area (Å²) in [7, 11) is -3.45. The van der Waals surface area contributed by atoms with Crippen LogP contribution in [0.3, 0.4) is 0 Å². The summed E-state index contributed by atoms with van der Waals surface area (Å²) < 4.78 is 26.4. The molecule has 0 aliphatic carbocycles. The first-order valence-corrected chi connectivity index (χ1v) is 8.56. The molecule has 98 valence electrons. The molecular formula is C11H13NO3S3. The molecule has 0 atom stereocenters. The molecule has 0 amide bonds. The molecule has 2 N–H and O–H groups in total. The summed E-state index contributed by atoms with van der Waals surface area (Å²) in [5.41, 5.74) is 0.